The van der Waals surface area contributed by atoms with Crippen LogP contribution in [0.15, 0.2) is 99.8 Å². The van der Waals surface area contributed by atoms with Gasteiger partial charge in [0, 0.05) is 23.4 Å². The van der Waals surface area contributed by atoms with Crippen molar-refractivity contribution in [3.05, 3.63) is 100 Å². The largest absolute Gasteiger partial charge is 0.507 e. The number of nitrogens with one attached hydrogen (secondary N) is 1. The molecule has 5 nitrogen and oxygen atoms in total. The second-order valence-corrected chi connectivity index (χ2v) is 14.0. The number of hydrogen-bond donors (Lipinski definition) is 2. The smallest absolute Gasteiger partial charge is 0.279 e. The number of phenols is 1. The van der Waals surface area contributed by atoms with Crippen molar-refractivity contribution in [2.75, 3.05) is 12.3 Å². The second-order valence-electron chi connectivity index (χ2n) is 11.1. The number of hydrogen-bond acceptors (Lipinski definition) is 4. The Morgan fingerprint density at radius 1 is 0.950 bits per heavy atom. The number of allylic oxidation sites excluding steroid dienone is 4. The lowest BCUT2D eigenvalue weighted by Crippen LogP contribution is -2.33. The minimum atomic E-state index is -3.41. The topological polar surface area (TPSA) is 69.4 Å². The van der Waals surface area contributed by atoms with Gasteiger partial charge in [-0.05, 0) is 70.1 Å². The molecule has 0 saturated heterocycles. The number of benzene rings is 3. The van der Waals surface area contributed by atoms with Crippen LogP contribution in [-0.2, 0) is 9.84 Å². The van der Waals surface area contributed by atoms with Gasteiger partial charge in [-0.2, -0.15) is 0 Å². The summed E-state index contributed by atoms with van der Waals surface area (Å²) >= 11 is 3.65. The highest BCUT2D eigenvalue weighted by Crippen LogP contribution is 2.35. The molecule has 0 aromatic heterocycles. The van der Waals surface area contributed by atoms with Crippen molar-refractivity contribution in [2.24, 2.45) is 11.8 Å². The Hall–Kier alpha value is -3.16. The maximum Gasteiger partial charge on any atom is 0.279 e. The van der Waals surface area contributed by atoms with Crippen LogP contribution in [-0.4, -0.2) is 36.6 Å². The Labute approximate surface area is 244 Å². The number of aromatic hydroxyl groups is 1. The van der Waals surface area contributed by atoms with E-state index in [0.29, 0.717) is 10.8 Å². The van der Waals surface area contributed by atoms with Crippen molar-refractivity contribution >= 4 is 48.3 Å². The summed E-state index contributed by atoms with van der Waals surface area (Å²) in [6.45, 7) is 0.778. The molecule has 1 fully saturated rings. The van der Waals surface area contributed by atoms with E-state index < -0.39 is 9.84 Å². The van der Waals surface area contributed by atoms with Crippen LogP contribution in [0.4, 0.5) is 0 Å². The number of sulfone groups is 1. The highest BCUT2D eigenvalue weighted by atomic mass is 79.9. The first-order valence-corrected chi connectivity index (χ1v) is 16.5. The number of para-hydroxylation sites is 1. The molecule has 3 aliphatic rings. The van der Waals surface area contributed by atoms with Crippen molar-refractivity contribution in [1.82, 2.24) is 5.32 Å². The molecule has 2 atom stereocenters. The zero-order chi connectivity index (χ0) is 27.7. The fourth-order valence-electron chi connectivity index (χ4n) is 6.28. The Kier molecular flexibility index (Phi) is 7.69. The third-order valence-corrected chi connectivity index (χ3v) is 10.9. The molecule has 0 amide bonds. The SMILES string of the molecule is O=S(=O)(CC1CCCCC(CNC2=CC(c3ccccc3O)=CCC3=C(Br)C=[N+]23)C1)c1cccc2ccccc12. The zero-order valence-electron chi connectivity index (χ0n) is 22.4. The van der Waals surface area contributed by atoms with Crippen molar-refractivity contribution in [1.29, 1.82) is 0 Å². The van der Waals surface area contributed by atoms with Crippen LogP contribution in [0.2, 0.25) is 0 Å². The van der Waals surface area contributed by atoms with Gasteiger partial charge in [0.15, 0.2) is 9.84 Å². The van der Waals surface area contributed by atoms with E-state index >= 15 is 0 Å². The molecule has 3 aromatic carbocycles. The number of halogens is 1. The molecule has 0 spiro atoms. The first kappa shape index (κ1) is 27.0. The monoisotopic (exact) mass is 617 g/mol. The van der Waals surface area contributed by atoms with Gasteiger partial charge < -0.3 is 5.11 Å². The predicted octanol–water partition coefficient (Wildman–Crippen LogP) is 7.14. The van der Waals surface area contributed by atoms with E-state index in [1.807, 2.05) is 54.6 Å². The summed E-state index contributed by atoms with van der Waals surface area (Å²) in [5, 5.41) is 16.0. The van der Waals surface area contributed by atoms with Gasteiger partial charge in [0.05, 0.1) is 17.2 Å². The molecule has 7 heteroatoms. The van der Waals surface area contributed by atoms with Crippen LogP contribution in [0.5, 0.6) is 5.75 Å². The Morgan fingerprint density at radius 2 is 1.70 bits per heavy atom. The van der Waals surface area contributed by atoms with Crippen molar-refractivity contribution in [3.8, 4) is 5.75 Å². The number of fused-ring (bicyclic) bond motifs is 2. The maximum absolute atomic E-state index is 13.6. The number of phenolic OH excluding ortho intramolecular Hbond substituents is 1. The molecule has 2 aliphatic heterocycles. The Bertz CT molecular complexity index is 1680. The zero-order valence-corrected chi connectivity index (χ0v) is 24.8. The molecular weight excluding hydrogens is 584 g/mol. The van der Waals surface area contributed by atoms with Crippen LogP contribution in [0.1, 0.15) is 44.1 Å². The van der Waals surface area contributed by atoms with Crippen molar-refractivity contribution < 1.29 is 18.1 Å². The molecule has 6 rings (SSSR count). The lowest BCUT2D eigenvalue weighted by Gasteiger charge is -2.22. The molecule has 206 valence electrons. The molecule has 2 heterocycles. The van der Waals surface area contributed by atoms with Gasteiger partial charge in [-0.15, -0.1) is 0 Å². The fraction of sp³-hybridized carbons (Fsp3) is 0.303. The Balaban J connectivity index is 1.18. The molecular formula is C33H34BrN2O3S+. The first-order valence-electron chi connectivity index (χ1n) is 14.1. The molecule has 3 aromatic rings. The van der Waals surface area contributed by atoms with E-state index in [9.17, 15) is 13.5 Å². The van der Waals surface area contributed by atoms with E-state index in [-0.39, 0.29) is 17.4 Å². The van der Waals surface area contributed by atoms with Crippen LogP contribution in [0.25, 0.3) is 16.3 Å². The lowest BCUT2D eigenvalue weighted by atomic mass is 9.94. The summed E-state index contributed by atoms with van der Waals surface area (Å²) < 4.78 is 30.5. The van der Waals surface area contributed by atoms with Crippen LogP contribution in [0.3, 0.4) is 0 Å². The molecule has 1 saturated carbocycles. The van der Waals surface area contributed by atoms with E-state index in [1.165, 1.54) is 5.70 Å². The molecule has 0 radical (unpaired) electrons. The first-order chi connectivity index (χ1) is 19.4. The third kappa shape index (κ3) is 5.54. The van der Waals surface area contributed by atoms with Crippen molar-refractivity contribution in [3.63, 3.8) is 0 Å². The van der Waals surface area contributed by atoms with E-state index in [1.54, 1.807) is 12.1 Å². The normalized spacial score (nSPS) is 21.4. The molecule has 0 bridgehead atoms. The highest BCUT2D eigenvalue weighted by Gasteiger charge is 2.32. The summed E-state index contributed by atoms with van der Waals surface area (Å²) in [7, 11) is -3.41. The molecule has 2 N–H and O–H groups in total. The Morgan fingerprint density at radius 3 is 2.52 bits per heavy atom. The third-order valence-electron chi connectivity index (χ3n) is 8.34. The summed E-state index contributed by atoms with van der Waals surface area (Å²) in [6.07, 6.45) is 12.2. The molecule has 2 unspecified atom stereocenters. The van der Waals surface area contributed by atoms with Gasteiger partial charge in [0.25, 0.3) is 5.82 Å². The van der Waals surface area contributed by atoms with E-state index in [2.05, 4.69) is 44.2 Å². The van der Waals surface area contributed by atoms with Gasteiger partial charge in [-0.25, -0.2) is 13.0 Å². The summed E-state index contributed by atoms with van der Waals surface area (Å²) in [6, 6.07) is 20.7. The number of rotatable bonds is 7. The van der Waals surface area contributed by atoms with Crippen LogP contribution >= 0.6 is 15.9 Å². The highest BCUT2D eigenvalue weighted by molar-refractivity contribution is 9.12. The van der Waals surface area contributed by atoms with Crippen molar-refractivity contribution in [2.45, 2.75) is 43.4 Å². The summed E-state index contributed by atoms with van der Waals surface area (Å²) in [5.41, 5.74) is 2.98. The summed E-state index contributed by atoms with van der Waals surface area (Å²) in [4.78, 5) is 0.454. The predicted molar refractivity (Wildman–Crippen MR) is 165 cm³/mol. The minimum absolute atomic E-state index is 0.137. The standard InChI is InChI=1S/C33H33BrN2O3S/c34-29-21-36-30(29)17-16-26(27-12-5-6-14-31(27)37)19-33(36)35-20-23-8-1-2-9-24(18-23)22-40(38,39)32-15-7-11-25-10-3-4-13-28(25)32/h3-7,10-16,19,21,23-24,35H,1-2,8-9,17-18,20,22H2/p+1. The number of nitrogens with zero attached hydrogens (tertiary/aromatic N) is 1. The maximum atomic E-state index is 13.6. The van der Waals surface area contributed by atoms with Gasteiger partial charge in [0.2, 0.25) is 0 Å². The average Bonchev–Trinajstić information content (AvgIpc) is 3.25. The van der Waals surface area contributed by atoms with E-state index in [4.69, 9.17) is 0 Å². The molecule has 1 aliphatic carbocycles. The molecule has 40 heavy (non-hydrogen) atoms. The van der Waals surface area contributed by atoms with Gasteiger partial charge in [0.1, 0.15) is 22.1 Å². The minimum Gasteiger partial charge on any atom is -0.507 e. The van der Waals surface area contributed by atoms with Crippen LogP contribution < -0.4 is 5.32 Å². The van der Waals surface area contributed by atoms with Gasteiger partial charge >= 0.3 is 0 Å². The lowest BCUT2D eigenvalue weighted by molar-refractivity contribution is -0.437. The average molecular weight is 619 g/mol. The quantitative estimate of drug-likeness (QED) is 0.218. The summed E-state index contributed by atoms with van der Waals surface area (Å²) in [5.74, 6) is 1.96. The second kappa shape index (κ2) is 11.4. The van der Waals surface area contributed by atoms with Crippen LogP contribution in [0, 0.1) is 11.8 Å². The fourth-order valence-corrected chi connectivity index (χ4v) is 8.74. The van der Waals surface area contributed by atoms with Gasteiger partial charge in [-0.3, -0.25) is 5.32 Å². The van der Waals surface area contributed by atoms with Gasteiger partial charge in [-0.1, -0.05) is 73.5 Å². The van der Waals surface area contributed by atoms with E-state index in [0.717, 1.165) is 77.3 Å².